The molecule has 5 nitrogen and oxygen atoms in total. The second kappa shape index (κ2) is 4.08. The molecule has 0 unspecified atom stereocenters. The van der Waals surface area contributed by atoms with Crippen molar-refractivity contribution < 1.29 is 19.6 Å². The molecule has 1 aliphatic carbocycles. The molecule has 3 rings (SSSR count). The molecule has 5 heteroatoms. The lowest BCUT2D eigenvalue weighted by Crippen LogP contribution is -2.53. The zero-order chi connectivity index (χ0) is 12.7. The minimum absolute atomic E-state index is 0.690. The SMILES string of the molecule is CCc1n[n+](O)c2cc3c(cc2[n+]1OC)CCC3. The molecule has 0 fully saturated rings. The highest BCUT2D eigenvalue weighted by Gasteiger charge is 2.30. The third kappa shape index (κ3) is 1.50. The van der Waals surface area contributed by atoms with Crippen LogP contribution in [0, 0.1) is 0 Å². The summed E-state index contributed by atoms with van der Waals surface area (Å²) < 4.78 is 1.70. The minimum atomic E-state index is 0.690. The topological polar surface area (TPSA) is 50.1 Å². The highest BCUT2D eigenvalue weighted by atomic mass is 16.6. The quantitative estimate of drug-likeness (QED) is 0.607. The van der Waals surface area contributed by atoms with E-state index in [1.54, 1.807) is 11.8 Å². The average molecular weight is 247 g/mol. The summed E-state index contributed by atoms with van der Waals surface area (Å²) in [7, 11) is 1.62. The van der Waals surface area contributed by atoms with Gasteiger partial charge < -0.3 is 4.84 Å². The third-order valence-electron chi connectivity index (χ3n) is 3.57. The van der Waals surface area contributed by atoms with Crippen molar-refractivity contribution in [3.8, 4) is 0 Å². The van der Waals surface area contributed by atoms with Crippen LogP contribution in [0.15, 0.2) is 12.1 Å². The van der Waals surface area contributed by atoms with Gasteiger partial charge in [0, 0.05) is 6.07 Å². The number of benzene rings is 1. The van der Waals surface area contributed by atoms with Crippen LogP contribution in [0.25, 0.3) is 11.0 Å². The molecule has 0 amide bonds. The van der Waals surface area contributed by atoms with Crippen molar-refractivity contribution >= 4 is 11.0 Å². The summed E-state index contributed by atoms with van der Waals surface area (Å²) in [4.78, 5) is 6.35. The van der Waals surface area contributed by atoms with Crippen LogP contribution in [0.1, 0.15) is 30.3 Å². The average Bonchev–Trinajstić information content (AvgIpc) is 2.83. The van der Waals surface area contributed by atoms with Gasteiger partial charge in [-0.25, -0.2) is 5.21 Å². The van der Waals surface area contributed by atoms with Gasteiger partial charge in [-0.2, -0.15) is 0 Å². The number of aromatic nitrogens is 3. The maximum atomic E-state index is 9.97. The van der Waals surface area contributed by atoms with Gasteiger partial charge >= 0.3 is 11.3 Å². The molecule has 1 aliphatic rings. The lowest BCUT2D eigenvalue weighted by Gasteiger charge is -2.02. The molecule has 0 saturated heterocycles. The van der Waals surface area contributed by atoms with Gasteiger partial charge in [0.2, 0.25) is 4.85 Å². The van der Waals surface area contributed by atoms with Crippen LogP contribution in [-0.4, -0.2) is 17.4 Å². The Hall–Kier alpha value is -1.91. The van der Waals surface area contributed by atoms with Gasteiger partial charge in [-0.15, -0.1) is 0 Å². The Balaban J connectivity index is 2.37. The van der Waals surface area contributed by atoms with Crippen LogP contribution in [0.5, 0.6) is 0 Å². The number of nitrogens with zero attached hydrogens (tertiary/aromatic N) is 3. The van der Waals surface area contributed by atoms with Crippen molar-refractivity contribution in [3.63, 3.8) is 0 Å². The molecular formula is C13H17N3O2+2. The zero-order valence-corrected chi connectivity index (χ0v) is 10.7. The fourth-order valence-corrected chi connectivity index (χ4v) is 2.68. The third-order valence-corrected chi connectivity index (χ3v) is 3.57. The molecule has 94 valence electrons. The lowest BCUT2D eigenvalue weighted by atomic mass is 10.1. The molecule has 18 heavy (non-hydrogen) atoms. The molecule has 1 N–H and O–H groups in total. The Morgan fingerprint density at radius 3 is 2.56 bits per heavy atom. The van der Waals surface area contributed by atoms with E-state index in [9.17, 15) is 5.21 Å². The molecule has 0 atom stereocenters. The molecular weight excluding hydrogens is 230 g/mol. The van der Waals surface area contributed by atoms with E-state index in [2.05, 4.69) is 11.2 Å². The first-order chi connectivity index (χ1) is 8.74. The second-order valence-electron chi connectivity index (χ2n) is 4.60. The lowest BCUT2D eigenvalue weighted by molar-refractivity contribution is -0.954. The van der Waals surface area contributed by atoms with Crippen LogP contribution < -0.4 is 14.4 Å². The van der Waals surface area contributed by atoms with E-state index in [1.807, 2.05) is 13.0 Å². The van der Waals surface area contributed by atoms with Gasteiger partial charge in [0.25, 0.3) is 10.6 Å². The second-order valence-corrected chi connectivity index (χ2v) is 4.60. The summed E-state index contributed by atoms with van der Waals surface area (Å²) >= 11 is 0. The van der Waals surface area contributed by atoms with Gasteiger partial charge in [0.05, 0.1) is 6.42 Å². The van der Waals surface area contributed by atoms with Gasteiger partial charge in [0.1, 0.15) is 7.11 Å². The van der Waals surface area contributed by atoms with Gasteiger partial charge in [-0.1, -0.05) is 6.92 Å². The summed E-state index contributed by atoms with van der Waals surface area (Å²) in [5.74, 6) is 0.699. The number of hydrogen-bond acceptors (Lipinski definition) is 3. The Labute approximate surface area is 105 Å². The van der Waals surface area contributed by atoms with Crippen molar-refractivity contribution in [1.82, 2.24) is 5.10 Å². The first-order valence-electron chi connectivity index (χ1n) is 6.31. The highest BCUT2D eigenvalue weighted by Crippen LogP contribution is 2.24. The van der Waals surface area contributed by atoms with Gasteiger partial charge in [-0.3, -0.25) is 0 Å². The predicted octanol–water partition coefficient (Wildman–Crippen LogP) is 0.157. The first kappa shape index (κ1) is 11.2. The summed E-state index contributed by atoms with van der Waals surface area (Å²) in [6.07, 6.45) is 4.05. The Bertz CT molecular complexity index is 625. The number of hydrogen-bond donors (Lipinski definition) is 1. The van der Waals surface area contributed by atoms with Gasteiger partial charge in [-0.05, 0) is 41.2 Å². The van der Waals surface area contributed by atoms with Crippen molar-refractivity contribution in [2.75, 3.05) is 7.11 Å². The Morgan fingerprint density at radius 2 is 1.94 bits per heavy atom. The molecule has 0 bridgehead atoms. The maximum Gasteiger partial charge on any atom is 0.416 e. The van der Waals surface area contributed by atoms with E-state index in [0.29, 0.717) is 17.8 Å². The smallest absolute Gasteiger partial charge is 0.338 e. The fraction of sp³-hybridized carbons (Fsp3) is 0.462. The van der Waals surface area contributed by atoms with Crippen molar-refractivity contribution in [1.29, 1.82) is 0 Å². The van der Waals surface area contributed by atoms with E-state index in [1.165, 1.54) is 17.5 Å². The van der Waals surface area contributed by atoms with E-state index in [4.69, 9.17) is 4.84 Å². The van der Waals surface area contributed by atoms with Crippen LogP contribution in [0.2, 0.25) is 0 Å². The maximum absolute atomic E-state index is 9.97. The summed E-state index contributed by atoms with van der Waals surface area (Å²) in [5.41, 5.74) is 4.21. The van der Waals surface area contributed by atoms with Crippen molar-refractivity contribution in [3.05, 3.63) is 29.1 Å². The Morgan fingerprint density at radius 1 is 1.28 bits per heavy atom. The molecule has 0 aliphatic heterocycles. The first-order valence-corrected chi connectivity index (χ1v) is 6.31. The minimum Gasteiger partial charge on any atom is -0.338 e. The van der Waals surface area contributed by atoms with Crippen LogP contribution in [0.3, 0.4) is 0 Å². The number of fused-ring (bicyclic) bond motifs is 2. The van der Waals surface area contributed by atoms with E-state index < -0.39 is 0 Å². The zero-order valence-electron chi connectivity index (χ0n) is 10.7. The molecule has 0 radical (unpaired) electrons. The predicted molar refractivity (Wildman–Crippen MR) is 63.2 cm³/mol. The summed E-state index contributed by atoms with van der Waals surface area (Å²) in [6, 6.07) is 4.12. The Kier molecular flexibility index (Phi) is 2.54. The number of aryl methyl sites for hydroxylation is 3. The van der Waals surface area contributed by atoms with Crippen LogP contribution in [-0.2, 0) is 19.3 Å². The van der Waals surface area contributed by atoms with Crippen molar-refractivity contribution in [2.45, 2.75) is 32.6 Å². The van der Waals surface area contributed by atoms with Crippen LogP contribution >= 0.6 is 0 Å². The summed E-state index contributed by atoms with van der Waals surface area (Å²) in [5, 5.41) is 14.1. The number of rotatable bonds is 2. The standard InChI is InChI=1S/C13H17N3O2/c1-3-13-14-16(17)12-8-10-6-4-5-9(10)7-11(12)15(13)18-2/h7-8H,3-6H2,1-2H3,(H,14,17)/q+2. The van der Waals surface area contributed by atoms with Crippen LogP contribution in [0.4, 0.5) is 0 Å². The largest absolute Gasteiger partial charge is 0.416 e. The molecule has 1 heterocycles. The molecule has 1 aromatic carbocycles. The normalized spacial score (nSPS) is 13.9. The van der Waals surface area contributed by atoms with E-state index in [0.717, 1.165) is 23.2 Å². The fourth-order valence-electron chi connectivity index (χ4n) is 2.68. The van der Waals surface area contributed by atoms with E-state index in [-0.39, 0.29) is 0 Å². The van der Waals surface area contributed by atoms with Crippen molar-refractivity contribution in [2.24, 2.45) is 0 Å². The monoisotopic (exact) mass is 247 g/mol. The molecule has 1 aromatic heterocycles. The van der Waals surface area contributed by atoms with Gasteiger partial charge in [0.15, 0.2) is 0 Å². The highest BCUT2D eigenvalue weighted by molar-refractivity contribution is 5.70. The molecule has 0 saturated carbocycles. The van der Waals surface area contributed by atoms with E-state index >= 15 is 0 Å². The molecule has 2 aromatic rings. The summed E-state index contributed by atoms with van der Waals surface area (Å²) in [6.45, 7) is 1.98. The molecule has 0 spiro atoms.